The first kappa shape index (κ1) is 9.81. The Morgan fingerprint density at radius 3 is 2.50 bits per heavy atom. The van der Waals surface area contributed by atoms with Crippen LogP contribution < -0.4 is 0 Å². The zero-order chi connectivity index (χ0) is 8.97. The molecule has 0 spiro atoms. The van der Waals surface area contributed by atoms with Crippen molar-refractivity contribution in [2.45, 2.75) is 11.8 Å². The molecule has 0 aliphatic rings. The zero-order valence-corrected chi connectivity index (χ0v) is 9.11. The summed E-state index contributed by atoms with van der Waals surface area (Å²) in [5, 5.41) is 0.546. The minimum atomic E-state index is 0.138. The lowest BCUT2D eigenvalue weighted by Gasteiger charge is -1.97. The maximum Gasteiger partial charge on any atom is 0.204 e. The molecule has 0 unspecified atom stereocenters. The van der Waals surface area contributed by atoms with Gasteiger partial charge in [-0.25, -0.2) is 0 Å². The molecule has 0 aromatic heterocycles. The third kappa shape index (κ3) is 2.99. The van der Waals surface area contributed by atoms with Gasteiger partial charge in [0.1, 0.15) is 0 Å². The van der Waals surface area contributed by atoms with Gasteiger partial charge in [0.15, 0.2) is 0 Å². The maximum atomic E-state index is 11.0. The molecule has 12 heavy (non-hydrogen) atoms. The van der Waals surface area contributed by atoms with Crippen LogP contribution in [0.25, 0.3) is 0 Å². The molecule has 1 rings (SSSR count). The number of thioether (sulfide) groups is 1. The molecule has 0 saturated heterocycles. The van der Waals surface area contributed by atoms with Crippen molar-refractivity contribution in [1.82, 2.24) is 0 Å². The van der Waals surface area contributed by atoms with Gasteiger partial charge in [-0.05, 0) is 19.1 Å². The van der Waals surface area contributed by atoms with E-state index in [9.17, 15) is 4.79 Å². The highest BCUT2D eigenvalue weighted by Crippen LogP contribution is 2.19. The molecule has 0 amide bonds. The molecular weight excluding hydrogens is 236 g/mol. The van der Waals surface area contributed by atoms with Crippen LogP contribution in [0.3, 0.4) is 0 Å². The van der Waals surface area contributed by atoms with Gasteiger partial charge in [-0.2, -0.15) is 0 Å². The Labute approximate surface area is 84.7 Å². The van der Waals surface area contributed by atoms with Crippen molar-refractivity contribution in [3.63, 3.8) is 0 Å². The van der Waals surface area contributed by atoms with Gasteiger partial charge in [0.25, 0.3) is 0 Å². The third-order valence-electron chi connectivity index (χ3n) is 1.36. The Hall–Kier alpha value is -0.280. The Kier molecular flexibility index (Phi) is 3.82. The van der Waals surface area contributed by atoms with Gasteiger partial charge in [0, 0.05) is 4.90 Å². The Morgan fingerprint density at radius 2 is 2.00 bits per heavy atom. The normalized spacial score (nSPS) is 9.83. The topological polar surface area (TPSA) is 17.1 Å². The van der Waals surface area contributed by atoms with E-state index in [-0.39, 0.29) is 5.12 Å². The van der Waals surface area contributed by atoms with Crippen LogP contribution in [0.15, 0.2) is 29.2 Å². The summed E-state index contributed by atoms with van der Waals surface area (Å²) in [6.07, 6.45) is 0. The lowest BCUT2D eigenvalue weighted by atomic mass is 10.2. The fraction of sp³-hybridized carbons (Fsp3) is 0.222. The minimum Gasteiger partial charge on any atom is -0.286 e. The molecule has 0 aliphatic carbocycles. The molecule has 1 aromatic carbocycles. The van der Waals surface area contributed by atoms with Crippen LogP contribution in [-0.4, -0.2) is 10.4 Å². The summed E-state index contributed by atoms with van der Waals surface area (Å²) in [6, 6.07) is 7.93. The average Bonchev–Trinajstić information content (AvgIpc) is 2.09. The second kappa shape index (κ2) is 4.67. The van der Waals surface area contributed by atoms with Gasteiger partial charge < -0.3 is 0 Å². The quantitative estimate of drug-likeness (QED) is 0.588. The van der Waals surface area contributed by atoms with Crippen molar-refractivity contribution >= 4 is 32.8 Å². The van der Waals surface area contributed by atoms with E-state index in [0.29, 0.717) is 5.33 Å². The molecule has 0 atom stereocenters. The van der Waals surface area contributed by atoms with Gasteiger partial charge in [-0.15, -0.1) is 0 Å². The van der Waals surface area contributed by atoms with Gasteiger partial charge in [-0.3, -0.25) is 4.79 Å². The molecule has 3 heteroatoms. The van der Waals surface area contributed by atoms with Gasteiger partial charge >= 0.3 is 0 Å². The van der Waals surface area contributed by atoms with Crippen molar-refractivity contribution in [2.75, 3.05) is 5.33 Å². The molecule has 1 aromatic rings. The fourth-order valence-electron chi connectivity index (χ4n) is 0.765. The number of halogens is 1. The second-order valence-corrected chi connectivity index (χ2v) is 4.11. The summed E-state index contributed by atoms with van der Waals surface area (Å²) in [6.45, 7) is 2.03. The molecule has 64 valence electrons. The lowest BCUT2D eigenvalue weighted by Crippen LogP contribution is -1.90. The van der Waals surface area contributed by atoms with E-state index in [4.69, 9.17) is 0 Å². The number of aryl methyl sites for hydroxylation is 1. The van der Waals surface area contributed by atoms with Crippen molar-refractivity contribution < 1.29 is 4.79 Å². The van der Waals surface area contributed by atoms with E-state index in [2.05, 4.69) is 15.9 Å². The molecular formula is C9H9BrOS. The molecule has 0 aliphatic heterocycles. The number of carbonyl (C=O) groups is 1. The number of rotatable bonds is 2. The number of carbonyl (C=O) groups excluding carboxylic acids is 1. The van der Waals surface area contributed by atoms with Crippen LogP contribution in [0.4, 0.5) is 0 Å². The molecule has 0 heterocycles. The molecule has 0 N–H and O–H groups in total. The van der Waals surface area contributed by atoms with Crippen LogP contribution in [-0.2, 0) is 4.79 Å². The van der Waals surface area contributed by atoms with Crippen molar-refractivity contribution in [2.24, 2.45) is 0 Å². The first-order valence-corrected chi connectivity index (χ1v) is 5.49. The van der Waals surface area contributed by atoms with Crippen LogP contribution in [0.1, 0.15) is 5.56 Å². The summed E-state index contributed by atoms with van der Waals surface area (Å²) in [4.78, 5) is 12.0. The van der Waals surface area contributed by atoms with Crippen molar-refractivity contribution in [3.8, 4) is 0 Å². The molecule has 1 nitrogen and oxygen atoms in total. The largest absolute Gasteiger partial charge is 0.286 e. The average molecular weight is 245 g/mol. The number of hydrogen-bond donors (Lipinski definition) is 0. The highest BCUT2D eigenvalue weighted by Gasteiger charge is 2.00. The maximum absolute atomic E-state index is 11.0. The van der Waals surface area contributed by atoms with Crippen LogP contribution in [0, 0.1) is 6.92 Å². The predicted octanol–water partition coefficient (Wildman–Crippen LogP) is 3.01. The lowest BCUT2D eigenvalue weighted by molar-refractivity contribution is -0.108. The Morgan fingerprint density at radius 1 is 1.42 bits per heavy atom. The summed E-state index contributed by atoms with van der Waals surface area (Å²) in [5.74, 6) is 0. The van der Waals surface area contributed by atoms with Crippen molar-refractivity contribution in [1.29, 1.82) is 0 Å². The van der Waals surface area contributed by atoms with Crippen LogP contribution in [0.5, 0.6) is 0 Å². The predicted molar refractivity (Wildman–Crippen MR) is 55.8 cm³/mol. The van der Waals surface area contributed by atoms with Gasteiger partial charge in [0.05, 0.1) is 5.33 Å². The highest BCUT2D eigenvalue weighted by atomic mass is 79.9. The summed E-state index contributed by atoms with van der Waals surface area (Å²) >= 11 is 4.38. The van der Waals surface area contributed by atoms with E-state index in [0.717, 1.165) is 4.90 Å². The van der Waals surface area contributed by atoms with E-state index < -0.39 is 0 Å². The molecule has 0 fully saturated rings. The van der Waals surface area contributed by atoms with Gasteiger partial charge in [-0.1, -0.05) is 45.4 Å². The minimum absolute atomic E-state index is 0.138. The summed E-state index contributed by atoms with van der Waals surface area (Å²) in [5.41, 5.74) is 1.21. The molecule has 0 radical (unpaired) electrons. The van der Waals surface area contributed by atoms with E-state index >= 15 is 0 Å². The smallest absolute Gasteiger partial charge is 0.204 e. The van der Waals surface area contributed by atoms with Crippen LogP contribution in [0.2, 0.25) is 0 Å². The third-order valence-corrected chi connectivity index (χ3v) is 3.12. The number of benzene rings is 1. The van der Waals surface area contributed by atoms with Crippen molar-refractivity contribution in [3.05, 3.63) is 29.8 Å². The zero-order valence-electron chi connectivity index (χ0n) is 6.71. The summed E-state index contributed by atoms with van der Waals surface area (Å²) < 4.78 is 0. The molecule has 0 saturated carbocycles. The van der Waals surface area contributed by atoms with E-state index in [1.54, 1.807) is 0 Å². The number of hydrogen-bond acceptors (Lipinski definition) is 2. The first-order valence-electron chi connectivity index (χ1n) is 3.55. The number of alkyl halides is 1. The molecule has 0 bridgehead atoms. The first-order chi connectivity index (χ1) is 5.72. The highest BCUT2D eigenvalue weighted by molar-refractivity contribution is 9.09. The monoisotopic (exact) mass is 244 g/mol. The second-order valence-electron chi connectivity index (χ2n) is 2.42. The SMILES string of the molecule is Cc1ccc(SC(=O)CBr)cc1. The Balaban J connectivity index is 2.64. The van der Waals surface area contributed by atoms with E-state index in [1.165, 1.54) is 17.3 Å². The van der Waals surface area contributed by atoms with E-state index in [1.807, 2.05) is 31.2 Å². The fourth-order valence-corrected chi connectivity index (χ4v) is 1.70. The van der Waals surface area contributed by atoms with Gasteiger partial charge in [0.2, 0.25) is 5.12 Å². The van der Waals surface area contributed by atoms with Crippen LogP contribution >= 0.6 is 27.7 Å². The summed E-state index contributed by atoms with van der Waals surface area (Å²) in [7, 11) is 0. The Bertz CT molecular complexity index is 268. The standard InChI is InChI=1S/C9H9BrOS/c1-7-2-4-8(5-3-7)12-9(11)6-10/h2-5H,6H2,1H3.